The van der Waals surface area contributed by atoms with Crippen LogP contribution in [0.2, 0.25) is 0 Å². The van der Waals surface area contributed by atoms with Crippen LogP contribution >= 0.6 is 0 Å². The summed E-state index contributed by atoms with van der Waals surface area (Å²) in [7, 11) is 2.35. The summed E-state index contributed by atoms with van der Waals surface area (Å²) < 4.78 is 9.23. The Morgan fingerprint density at radius 3 is 2.22 bits per heavy atom. The molecule has 0 aromatic heterocycles. The Bertz CT molecular complexity index is 536. The van der Waals surface area contributed by atoms with E-state index in [9.17, 15) is 29.4 Å². The van der Waals surface area contributed by atoms with Crippen molar-refractivity contribution in [2.45, 2.75) is 19.8 Å². The average Bonchev–Trinajstić information content (AvgIpc) is 2.50. The van der Waals surface area contributed by atoms with Crippen LogP contribution in [0.25, 0.3) is 0 Å². The Balaban J connectivity index is 3.17. The van der Waals surface area contributed by atoms with Gasteiger partial charge in [0, 0.05) is 0 Å². The number of rotatable bonds is 6. The van der Waals surface area contributed by atoms with Crippen molar-refractivity contribution in [2.75, 3.05) is 14.2 Å². The van der Waals surface area contributed by atoms with Crippen LogP contribution in [0.4, 0.5) is 0 Å². The maximum Gasteiger partial charge on any atom is 0.311 e. The first kappa shape index (κ1) is 18.7. The molecule has 0 saturated carbocycles. The number of aliphatic carboxylic acids is 2. The Morgan fingerprint density at radius 2 is 1.78 bits per heavy atom. The number of carbonyl (C=O) groups excluding carboxylic acids is 2. The molecule has 128 valence electrons. The van der Waals surface area contributed by atoms with Crippen LogP contribution in [-0.2, 0) is 28.7 Å². The van der Waals surface area contributed by atoms with Crippen molar-refractivity contribution < 1.29 is 38.9 Å². The number of methoxy groups -OCH3 is 2. The van der Waals surface area contributed by atoms with Gasteiger partial charge in [0.05, 0.1) is 38.4 Å². The average molecular weight is 328 g/mol. The normalized spacial score (nSPS) is 25.0. The number of ether oxygens (including phenoxy) is 2. The van der Waals surface area contributed by atoms with E-state index in [2.05, 4.69) is 9.47 Å². The van der Waals surface area contributed by atoms with E-state index in [0.29, 0.717) is 5.57 Å². The van der Waals surface area contributed by atoms with E-state index in [4.69, 9.17) is 0 Å². The van der Waals surface area contributed by atoms with E-state index in [1.165, 1.54) is 21.1 Å². The molecule has 0 spiro atoms. The summed E-state index contributed by atoms with van der Waals surface area (Å²) in [6, 6.07) is 0. The molecule has 0 heterocycles. The first-order valence-electron chi connectivity index (χ1n) is 7.01. The highest BCUT2D eigenvalue weighted by molar-refractivity contribution is 5.84. The summed E-state index contributed by atoms with van der Waals surface area (Å²) in [5.41, 5.74) is 0.347. The van der Waals surface area contributed by atoms with Gasteiger partial charge in [-0.3, -0.25) is 19.2 Å². The highest BCUT2D eigenvalue weighted by atomic mass is 16.5. The molecule has 8 nitrogen and oxygen atoms in total. The molecular formula is C15H20O8. The Morgan fingerprint density at radius 1 is 1.17 bits per heavy atom. The second-order valence-electron chi connectivity index (χ2n) is 5.48. The standard InChI is InChI=1S/C15H20O8/c1-7-4-8(5-10(13(17)18)12(7)14(19)20)9(15(21)23-3)6-11(16)22-2/h4,8-10,12H,5-6H2,1-3H3,(H,17,18)(H,19,20). The van der Waals surface area contributed by atoms with E-state index in [1.54, 1.807) is 6.08 Å². The largest absolute Gasteiger partial charge is 0.481 e. The molecule has 0 radical (unpaired) electrons. The molecule has 0 aliphatic heterocycles. The Kier molecular flexibility index (Phi) is 6.29. The fourth-order valence-electron chi connectivity index (χ4n) is 2.97. The molecule has 1 rings (SSSR count). The molecule has 0 fully saturated rings. The van der Waals surface area contributed by atoms with E-state index < -0.39 is 47.5 Å². The van der Waals surface area contributed by atoms with Crippen molar-refractivity contribution in [3.05, 3.63) is 11.6 Å². The highest BCUT2D eigenvalue weighted by Gasteiger charge is 2.43. The third kappa shape index (κ3) is 4.30. The summed E-state index contributed by atoms with van der Waals surface area (Å²) in [6.45, 7) is 1.51. The van der Waals surface area contributed by atoms with Gasteiger partial charge in [-0.2, -0.15) is 0 Å². The van der Waals surface area contributed by atoms with Gasteiger partial charge in [0.15, 0.2) is 0 Å². The quantitative estimate of drug-likeness (QED) is 0.539. The summed E-state index contributed by atoms with van der Waals surface area (Å²) in [5, 5.41) is 18.5. The fourth-order valence-corrected chi connectivity index (χ4v) is 2.97. The van der Waals surface area contributed by atoms with Gasteiger partial charge in [0.25, 0.3) is 0 Å². The van der Waals surface area contributed by atoms with Gasteiger partial charge in [-0.05, 0) is 19.3 Å². The van der Waals surface area contributed by atoms with Gasteiger partial charge in [-0.1, -0.05) is 11.6 Å². The summed E-state index contributed by atoms with van der Waals surface area (Å²) in [4.78, 5) is 46.1. The SMILES string of the molecule is COC(=O)CC(C(=O)OC)C1C=C(C)C(C(=O)O)C(C(=O)O)C1. The van der Waals surface area contributed by atoms with Gasteiger partial charge in [0.2, 0.25) is 0 Å². The second kappa shape index (κ2) is 7.75. The van der Waals surface area contributed by atoms with Crippen LogP contribution in [0.1, 0.15) is 19.8 Å². The van der Waals surface area contributed by atoms with Crippen molar-refractivity contribution in [1.82, 2.24) is 0 Å². The lowest BCUT2D eigenvalue weighted by molar-refractivity contribution is -0.157. The van der Waals surface area contributed by atoms with Crippen LogP contribution in [0.3, 0.4) is 0 Å². The predicted molar refractivity (Wildman–Crippen MR) is 76.3 cm³/mol. The molecule has 4 atom stereocenters. The monoisotopic (exact) mass is 328 g/mol. The Hall–Kier alpha value is -2.38. The molecule has 1 aliphatic carbocycles. The van der Waals surface area contributed by atoms with Gasteiger partial charge in [-0.25, -0.2) is 0 Å². The maximum atomic E-state index is 11.9. The summed E-state index contributed by atoms with van der Waals surface area (Å²) in [6.07, 6.45) is 1.21. The van der Waals surface area contributed by atoms with Crippen LogP contribution in [-0.4, -0.2) is 48.3 Å². The molecule has 0 saturated heterocycles. The maximum absolute atomic E-state index is 11.9. The molecule has 1 aliphatic rings. The number of carboxylic acids is 2. The minimum absolute atomic E-state index is 0.0690. The minimum Gasteiger partial charge on any atom is -0.481 e. The number of carboxylic acid groups (broad SMARTS) is 2. The van der Waals surface area contributed by atoms with Crippen LogP contribution < -0.4 is 0 Å². The zero-order chi connectivity index (χ0) is 17.7. The van der Waals surface area contributed by atoms with Gasteiger partial charge in [0.1, 0.15) is 0 Å². The van der Waals surface area contributed by atoms with Crippen molar-refractivity contribution in [2.24, 2.45) is 23.7 Å². The first-order valence-corrected chi connectivity index (χ1v) is 7.01. The molecule has 0 bridgehead atoms. The van der Waals surface area contributed by atoms with E-state index >= 15 is 0 Å². The molecule has 4 unspecified atom stereocenters. The fraction of sp³-hybridized carbons (Fsp3) is 0.600. The lowest BCUT2D eigenvalue weighted by atomic mass is 9.70. The van der Waals surface area contributed by atoms with Crippen molar-refractivity contribution in [3.63, 3.8) is 0 Å². The molecule has 0 amide bonds. The molecule has 0 aromatic rings. The number of carbonyl (C=O) groups is 4. The Labute approximate surface area is 133 Å². The predicted octanol–water partition coefficient (Wildman–Crippen LogP) is 0.706. The van der Waals surface area contributed by atoms with Gasteiger partial charge in [-0.15, -0.1) is 0 Å². The van der Waals surface area contributed by atoms with Crippen LogP contribution in [0, 0.1) is 23.7 Å². The van der Waals surface area contributed by atoms with E-state index in [1.807, 2.05) is 0 Å². The zero-order valence-corrected chi connectivity index (χ0v) is 13.1. The van der Waals surface area contributed by atoms with Gasteiger partial charge < -0.3 is 19.7 Å². The summed E-state index contributed by atoms with van der Waals surface area (Å²) >= 11 is 0. The number of hydrogen-bond donors (Lipinski definition) is 2. The summed E-state index contributed by atoms with van der Waals surface area (Å²) in [5.74, 6) is -7.63. The van der Waals surface area contributed by atoms with Gasteiger partial charge >= 0.3 is 23.9 Å². The first-order chi connectivity index (χ1) is 10.7. The number of esters is 2. The smallest absolute Gasteiger partial charge is 0.311 e. The number of allylic oxidation sites excluding steroid dienone is 1. The van der Waals surface area contributed by atoms with Crippen LogP contribution in [0.5, 0.6) is 0 Å². The van der Waals surface area contributed by atoms with Crippen molar-refractivity contribution in [1.29, 1.82) is 0 Å². The second-order valence-corrected chi connectivity index (χ2v) is 5.48. The zero-order valence-electron chi connectivity index (χ0n) is 13.1. The van der Waals surface area contributed by atoms with Crippen LogP contribution in [0.15, 0.2) is 11.6 Å². The van der Waals surface area contributed by atoms with Crippen molar-refractivity contribution in [3.8, 4) is 0 Å². The highest BCUT2D eigenvalue weighted by Crippen LogP contribution is 2.38. The minimum atomic E-state index is -1.25. The van der Waals surface area contributed by atoms with E-state index in [0.717, 1.165) is 0 Å². The molecule has 8 heteroatoms. The number of hydrogen-bond acceptors (Lipinski definition) is 6. The van der Waals surface area contributed by atoms with Crippen molar-refractivity contribution >= 4 is 23.9 Å². The van der Waals surface area contributed by atoms with E-state index in [-0.39, 0.29) is 12.8 Å². The lowest BCUT2D eigenvalue weighted by Crippen LogP contribution is -2.39. The topological polar surface area (TPSA) is 127 Å². The third-order valence-corrected chi connectivity index (χ3v) is 4.11. The molecular weight excluding hydrogens is 308 g/mol. The molecule has 0 aromatic carbocycles. The third-order valence-electron chi connectivity index (χ3n) is 4.11. The molecule has 2 N–H and O–H groups in total. The lowest BCUT2D eigenvalue weighted by Gasteiger charge is -2.33. The molecule has 23 heavy (non-hydrogen) atoms.